The molecule has 0 saturated carbocycles. The molecule has 1 amide bonds. The Bertz CT molecular complexity index is 1720. The molecule has 454 valence electrons. The highest BCUT2D eigenvalue weighted by Gasteiger charge is 2.30. The molecule has 0 rings (SSSR count). The first-order valence-electron chi connectivity index (χ1n) is 32.3. The van der Waals surface area contributed by atoms with Crippen LogP contribution in [0.25, 0.3) is 0 Å². The first-order valence-corrected chi connectivity index (χ1v) is 33.8. The van der Waals surface area contributed by atoms with Crippen LogP contribution >= 0.6 is 7.82 Å². The molecule has 0 aliphatic rings. The van der Waals surface area contributed by atoms with E-state index in [1.54, 1.807) is 0 Å². The van der Waals surface area contributed by atoms with Gasteiger partial charge >= 0.3 is 13.8 Å². The van der Waals surface area contributed by atoms with Crippen LogP contribution < -0.4 is 5.32 Å². The number of phosphoric acid groups is 1. The van der Waals surface area contributed by atoms with Crippen LogP contribution in [0.5, 0.6) is 0 Å². The molecule has 0 heterocycles. The van der Waals surface area contributed by atoms with E-state index in [2.05, 4.69) is 62.5 Å². The molecule has 0 saturated heterocycles. The molecule has 2 N–H and O–H groups in total. The van der Waals surface area contributed by atoms with E-state index in [0.717, 1.165) is 70.6 Å². The number of carbonyl (C=O) groups is 2. The molecule has 0 radical (unpaired) electrons. The van der Waals surface area contributed by atoms with Gasteiger partial charge in [-0.15, -0.1) is 0 Å². The summed E-state index contributed by atoms with van der Waals surface area (Å²) in [6.45, 7) is 6.80. The minimum absolute atomic E-state index is 0.0261. The smallest absolute Gasteiger partial charge is 0.456 e. The van der Waals surface area contributed by atoms with Crippen LogP contribution in [0.4, 0.5) is 0 Å². The molecule has 0 bridgehead atoms. The fourth-order valence-electron chi connectivity index (χ4n) is 8.88. The van der Waals surface area contributed by atoms with Gasteiger partial charge in [-0.05, 0) is 83.1 Å². The Morgan fingerprint density at radius 3 is 1.35 bits per heavy atom. The zero-order valence-corrected chi connectivity index (χ0v) is 52.7. The SMILES string of the molecule is CC\C=C/C=C/C=C/C=C\C=C\C=C\CCCCCC(=O)NC(COP(=O)(O)OCC[N+](C)(C)C)C(/C=C\CCCCCCCCCCC)OC(=O)CCCCCCCCCCCCCCCCC/C=C\C/C=C\CCCCC. The number of phosphoric ester groups is 1. The van der Waals surface area contributed by atoms with Crippen LogP contribution in [0.2, 0.25) is 0 Å². The van der Waals surface area contributed by atoms with Gasteiger partial charge in [-0.25, -0.2) is 4.57 Å². The van der Waals surface area contributed by atoms with E-state index in [-0.39, 0.29) is 37.9 Å². The van der Waals surface area contributed by atoms with Gasteiger partial charge in [0.2, 0.25) is 5.91 Å². The second-order valence-corrected chi connectivity index (χ2v) is 24.2. The van der Waals surface area contributed by atoms with Crippen LogP contribution in [-0.2, 0) is 27.9 Å². The summed E-state index contributed by atoms with van der Waals surface area (Å²) in [5.41, 5.74) is 0. The monoisotopic (exact) mass is 1120 g/mol. The van der Waals surface area contributed by atoms with Gasteiger partial charge in [0.1, 0.15) is 19.3 Å². The number of likely N-dealkylation sites (N-methyl/N-ethyl adjacent to an activating group) is 1. The summed E-state index contributed by atoms with van der Waals surface area (Å²) in [4.78, 5) is 37.7. The van der Waals surface area contributed by atoms with E-state index in [1.165, 1.54) is 154 Å². The normalized spacial score (nSPS) is 14.4. The maximum atomic E-state index is 13.5. The molecule has 3 atom stereocenters. The van der Waals surface area contributed by atoms with Gasteiger partial charge in [0.25, 0.3) is 0 Å². The molecular formula is C69H122N2O7P+. The van der Waals surface area contributed by atoms with Crippen LogP contribution in [0.3, 0.4) is 0 Å². The van der Waals surface area contributed by atoms with Crippen molar-refractivity contribution >= 4 is 19.7 Å². The van der Waals surface area contributed by atoms with Crippen molar-refractivity contribution in [3.05, 3.63) is 109 Å². The third-order valence-corrected chi connectivity index (χ3v) is 14.8. The number of hydrogen-bond donors (Lipinski definition) is 2. The Hall–Kier alpha value is -3.33. The van der Waals surface area contributed by atoms with Crippen molar-refractivity contribution in [2.24, 2.45) is 0 Å². The summed E-state index contributed by atoms with van der Waals surface area (Å²) < 4.78 is 30.7. The number of ether oxygens (including phenoxy) is 1. The van der Waals surface area contributed by atoms with Crippen molar-refractivity contribution in [2.45, 2.75) is 277 Å². The topological polar surface area (TPSA) is 111 Å². The lowest BCUT2D eigenvalue weighted by atomic mass is 10.0. The fraction of sp³-hybridized carbons (Fsp3) is 0.710. The first kappa shape index (κ1) is 75.7. The lowest BCUT2D eigenvalue weighted by Gasteiger charge is -2.27. The summed E-state index contributed by atoms with van der Waals surface area (Å²) in [7, 11) is 1.45. The maximum absolute atomic E-state index is 13.5. The molecule has 3 unspecified atom stereocenters. The van der Waals surface area contributed by atoms with Crippen LogP contribution in [0.1, 0.15) is 265 Å². The summed E-state index contributed by atoms with van der Waals surface area (Å²) in [6.07, 6.45) is 79.6. The molecule has 0 fully saturated rings. The van der Waals surface area contributed by atoms with Gasteiger partial charge in [-0.3, -0.25) is 18.6 Å². The molecule has 0 aromatic heterocycles. The molecule has 0 spiro atoms. The van der Waals surface area contributed by atoms with Crippen molar-refractivity contribution in [1.82, 2.24) is 5.32 Å². The number of nitrogens with zero attached hydrogens (tertiary/aromatic N) is 1. The van der Waals surface area contributed by atoms with E-state index in [1.807, 2.05) is 94.1 Å². The number of unbranched alkanes of at least 4 members (excludes halogenated alkanes) is 30. The number of rotatable bonds is 57. The Morgan fingerprint density at radius 2 is 0.861 bits per heavy atom. The quantitative estimate of drug-likeness (QED) is 0.0156. The Morgan fingerprint density at radius 1 is 0.468 bits per heavy atom. The molecular weight excluding hydrogens is 1000 g/mol. The van der Waals surface area contributed by atoms with Crippen LogP contribution in [-0.4, -0.2) is 74.3 Å². The van der Waals surface area contributed by atoms with Crippen molar-refractivity contribution in [3.63, 3.8) is 0 Å². The van der Waals surface area contributed by atoms with Gasteiger partial charge in [0.15, 0.2) is 0 Å². The van der Waals surface area contributed by atoms with Gasteiger partial charge in [0.05, 0.1) is 33.8 Å². The van der Waals surface area contributed by atoms with Crippen molar-refractivity contribution in [2.75, 3.05) is 40.9 Å². The van der Waals surface area contributed by atoms with Crippen molar-refractivity contribution < 1.29 is 37.3 Å². The van der Waals surface area contributed by atoms with E-state index in [0.29, 0.717) is 17.4 Å². The Labute approximate surface area is 487 Å². The first-order chi connectivity index (χ1) is 38.4. The molecule has 0 aliphatic carbocycles. The zero-order chi connectivity index (χ0) is 57.9. The van der Waals surface area contributed by atoms with Gasteiger partial charge in [0, 0.05) is 12.8 Å². The van der Waals surface area contributed by atoms with Crippen LogP contribution in [0.15, 0.2) is 109 Å². The number of quaternary nitrogens is 1. The third-order valence-electron chi connectivity index (χ3n) is 13.9. The third kappa shape index (κ3) is 59.1. The summed E-state index contributed by atoms with van der Waals surface area (Å²) in [5, 5.41) is 3.03. The number of carbonyl (C=O) groups excluding carboxylic acids is 2. The van der Waals surface area contributed by atoms with E-state index in [4.69, 9.17) is 13.8 Å². The Kier molecular flexibility index (Phi) is 55.4. The summed E-state index contributed by atoms with van der Waals surface area (Å²) in [6, 6.07) is -0.878. The lowest BCUT2D eigenvalue weighted by Crippen LogP contribution is -2.47. The second kappa shape index (κ2) is 57.9. The van der Waals surface area contributed by atoms with Gasteiger partial charge in [-0.1, -0.05) is 278 Å². The molecule has 0 aromatic rings. The summed E-state index contributed by atoms with van der Waals surface area (Å²) in [5.74, 6) is -0.559. The second-order valence-electron chi connectivity index (χ2n) is 22.7. The number of amides is 1. The average Bonchev–Trinajstić information content (AvgIpc) is 3.41. The standard InChI is InChI=1S/C69H121N2O7P/c1-7-10-13-16-19-22-25-27-29-31-32-33-34-35-36-37-38-40-42-44-47-50-53-56-59-62-69(73)78-67(60-57-54-51-48-45-24-21-18-15-12-9-3)66(65-77-79(74,75)76-64-63-71(4,5)6)70-68(72)61-58-55-52-49-46-43-41-39-30-28-26-23-20-17-14-11-8-2/h11,14,17,19-20,22-23,26-30,39,41,43,46,57,60,66-67H,7-10,12-13,15-16,18,21,24-25,31-38,40,42,44-45,47-56,58-59,61-65H2,1-6H3,(H-,70,72,74,75)/p+1/b14-11-,20-17+,22-19-,26-23+,29-27-,30-28-,41-39+,46-43+,60-57-. The lowest BCUT2D eigenvalue weighted by molar-refractivity contribution is -0.870. The predicted octanol–water partition coefficient (Wildman–Crippen LogP) is 20.1. The molecule has 79 heavy (non-hydrogen) atoms. The van der Waals surface area contributed by atoms with Gasteiger partial charge < -0.3 is 19.4 Å². The summed E-state index contributed by atoms with van der Waals surface area (Å²) >= 11 is 0. The van der Waals surface area contributed by atoms with Gasteiger partial charge in [-0.2, -0.15) is 0 Å². The molecule has 9 nitrogen and oxygen atoms in total. The highest BCUT2D eigenvalue weighted by Crippen LogP contribution is 2.43. The molecule has 10 heteroatoms. The van der Waals surface area contributed by atoms with E-state index in [9.17, 15) is 19.0 Å². The zero-order valence-electron chi connectivity index (χ0n) is 51.8. The largest absolute Gasteiger partial charge is 0.472 e. The minimum atomic E-state index is -4.47. The van der Waals surface area contributed by atoms with E-state index < -0.39 is 20.0 Å². The number of esters is 1. The minimum Gasteiger partial charge on any atom is -0.456 e. The van der Waals surface area contributed by atoms with E-state index >= 15 is 0 Å². The number of allylic oxidation sites excluding steroid dienone is 17. The fourth-order valence-corrected chi connectivity index (χ4v) is 9.62. The predicted molar refractivity (Wildman–Crippen MR) is 341 cm³/mol. The average molecular weight is 1120 g/mol. The highest BCUT2D eigenvalue weighted by atomic mass is 31.2. The van der Waals surface area contributed by atoms with Crippen LogP contribution in [0, 0.1) is 0 Å². The van der Waals surface area contributed by atoms with Crippen molar-refractivity contribution in [3.8, 4) is 0 Å². The highest BCUT2D eigenvalue weighted by molar-refractivity contribution is 7.47. The maximum Gasteiger partial charge on any atom is 0.472 e. The molecule has 0 aromatic carbocycles. The van der Waals surface area contributed by atoms with Crippen molar-refractivity contribution in [1.29, 1.82) is 0 Å². The Balaban J connectivity index is 5.16. The number of nitrogens with one attached hydrogen (secondary N) is 1. The molecule has 0 aliphatic heterocycles. The number of hydrogen-bond acceptors (Lipinski definition) is 6.